The van der Waals surface area contributed by atoms with E-state index >= 15 is 0 Å². The smallest absolute Gasteiger partial charge is 0.275 e. The molecule has 0 radical (unpaired) electrons. The molecular formula is C14H12BrN3OS. The van der Waals surface area contributed by atoms with Crippen molar-refractivity contribution in [3.05, 3.63) is 57.8 Å². The zero-order valence-electron chi connectivity index (χ0n) is 10.7. The predicted molar refractivity (Wildman–Crippen MR) is 87.0 cm³/mol. The van der Waals surface area contributed by atoms with Crippen LogP contribution in [-0.4, -0.2) is 15.9 Å². The Balaban J connectivity index is 2.36. The van der Waals surface area contributed by atoms with E-state index < -0.39 is 0 Å². The molecule has 4 nitrogen and oxygen atoms in total. The van der Waals surface area contributed by atoms with Gasteiger partial charge in [0.15, 0.2) is 0 Å². The first-order chi connectivity index (χ1) is 9.50. The first kappa shape index (κ1) is 14.6. The number of benzene rings is 1. The van der Waals surface area contributed by atoms with Crippen LogP contribution in [0, 0.1) is 6.92 Å². The molecule has 1 aromatic heterocycles. The van der Waals surface area contributed by atoms with E-state index in [1.807, 2.05) is 19.1 Å². The molecule has 2 rings (SSSR count). The van der Waals surface area contributed by atoms with Crippen molar-refractivity contribution < 1.29 is 4.79 Å². The Morgan fingerprint density at radius 3 is 2.75 bits per heavy atom. The van der Waals surface area contributed by atoms with Gasteiger partial charge >= 0.3 is 0 Å². The van der Waals surface area contributed by atoms with Crippen molar-refractivity contribution in [1.82, 2.24) is 4.98 Å². The minimum atomic E-state index is -0.319. The van der Waals surface area contributed by atoms with E-state index in [1.165, 1.54) is 0 Å². The van der Waals surface area contributed by atoms with E-state index in [0.717, 1.165) is 5.56 Å². The number of hydrogen-bond donors (Lipinski definition) is 2. The monoisotopic (exact) mass is 349 g/mol. The van der Waals surface area contributed by atoms with Crippen molar-refractivity contribution >= 4 is 44.7 Å². The molecule has 0 bridgehead atoms. The fourth-order valence-corrected chi connectivity index (χ4v) is 2.54. The molecule has 0 atom stereocenters. The highest BCUT2D eigenvalue weighted by Gasteiger charge is 2.15. The van der Waals surface area contributed by atoms with E-state index in [9.17, 15) is 4.79 Å². The second kappa shape index (κ2) is 6.11. The molecule has 0 aliphatic rings. The summed E-state index contributed by atoms with van der Waals surface area (Å²) >= 11 is 8.33. The lowest BCUT2D eigenvalue weighted by Crippen LogP contribution is -2.19. The van der Waals surface area contributed by atoms with Gasteiger partial charge < -0.3 is 11.1 Å². The maximum atomic E-state index is 12.2. The van der Waals surface area contributed by atoms with Crippen LogP contribution in [0.25, 0.3) is 0 Å². The van der Waals surface area contributed by atoms with Crippen molar-refractivity contribution in [3.8, 4) is 0 Å². The SMILES string of the molecule is Cc1cccc(NC(=O)c2ncccc2Br)c1C(N)=S. The molecule has 6 heteroatoms. The fourth-order valence-electron chi connectivity index (χ4n) is 1.83. The zero-order chi connectivity index (χ0) is 14.7. The fraction of sp³-hybridized carbons (Fsp3) is 0.0714. The summed E-state index contributed by atoms with van der Waals surface area (Å²) in [5.41, 5.74) is 8.19. The summed E-state index contributed by atoms with van der Waals surface area (Å²) in [4.78, 5) is 16.5. The van der Waals surface area contributed by atoms with Crippen molar-refractivity contribution in [2.24, 2.45) is 5.73 Å². The number of carbonyl (C=O) groups is 1. The number of nitrogens with two attached hydrogens (primary N) is 1. The third-order valence-electron chi connectivity index (χ3n) is 2.74. The van der Waals surface area contributed by atoms with Crippen LogP contribution in [0.5, 0.6) is 0 Å². The highest BCUT2D eigenvalue weighted by molar-refractivity contribution is 9.10. The van der Waals surface area contributed by atoms with Crippen LogP contribution in [-0.2, 0) is 0 Å². The van der Waals surface area contributed by atoms with E-state index in [0.29, 0.717) is 21.4 Å². The Kier molecular flexibility index (Phi) is 4.46. The zero-order valence-corrected chi connectivity index (χ0v) is 13.1. The predicted octanol–water partition coefficient (Wildman–Crippen LogP) is 3.04. The number of hydrogen-bond acceptors (Lipinski definition) is 3. The van der Waals surface area contributed by atoms with Crippen molar-refractivity contribution in [1.29, 1.82) is 0 Å². The van der Waals surface area contributed by atoms with Gasteiger partial charge in [0, 0.05) is 16.2 Å². The van der Waals surface area contributed by atoms with Gasteiger partial charge in [-0.05, 0) is 46.6 Å². The lowest BCUT2D eigenvalue weighted by atomic mass is 10.1. The van der Waals surface area contributed by atoms with Crippen LogP contribution in [0.15, 0.2) is 41.0 Å². The summed E-state index contributed by atoms with van der Waals surface area (Å²) < 4.78 is 0.627. The number of pyridine rings is 1. The third-order valence-corrected chi connectivity index (χ3v) is 3.58. The third kappa shape index (κ3) is 3.02. The van der Waals surface area contributed by atoms with Gasteiger partial charge in [-0.2, -0.15) is 0 Å². The number of amides is 1. The molecule has 20 heavy (non-hydrogen) atoms. The van der Waals surface area contributed by atoms with E-state index in [2.05, 4.69) is 26.2 Å². The highest BCUT2D eigenvalue weighted by Crippen LogP contribution is 2.21. The molecule has 3 N–H and O–H groups in total. The van der Waals surface area contributed by atoms with Crippen LogP contribution in [0.2, 0.25) is 0 Å². The molecule has 0 unspecified atom stereocenters. The topological polar surface area (TPSA) is 68.0 Å². The molecule has 0 aliphatic carbocycles. The lowest BCUT2D eigenvalue weighted by molar-refractivity contribution is 0.102. The number of aromatic nitrogens is 1. The summed E-state index contributed by atoms with van der Waals surface area (Å²) in [6, 6.07) is 8.98. The second-order valence-electron chi connectivity index (χ2n) is 4.15. The Labute approximate surface area is 130 Å². The molecule has 0 aliphatic heterocycles. The van der Waals surface area contributed by atoms with Gasteiger partial charge in [-0.25, -0.2) is 4.98 Å². The number of anilines is 1. The van der Waals surface area contributed by atoms with Crippen LogP contribution < -0.4 is 11.1 Å². The average Bonchev–Trinajstić information content (AvgIpc) is 2.38. The molecule has 0 saturated heterocycles. The van der Waals surface area contributed by atoms with E-state index in [4.69, 9.17) is 18.0 Å². The number of aryl methyl sites for hydroxylation is 1. The molecular weight excluding hydrogens is 338 g/mol. The Hall–Kier alpha value is -1.79. The number of thiocarbonyl (C=S) groups is 1. The summed E-state index contributed by atoms with van der Waals surface area (Å²) in [5, 5.41) is 2.79. The summed E-state index contributed by atoms with van der Waals surface area (Å²) in [7, 11) is 0. The van der Waals surface area contributed by atoms with Gasteiger partial charge in [0.2, 0.25) is 0 Å². The Bertz CT molecular complexity index is 688. The molecule has 2 aromatic rings. The van der Waals surface area contributed by atoms with E-state index in [-0.39, 0.29) is 10.9 Å². The van der Waals surface area contributed by atoms with Crippen molar-refractivity contribution in [2.75, 3.05) is 5.32 Å². The average molecular weight is 350 g/mol. The first-order valence-corrected chi connectivity index (χ1v) is 7.02. The summed E-state index contributed by atoms with van der Waals surface area (Å²) in [5.74, 6) is -0.319. The van der Waals surface area contributed by atoms with Crippen molar-refractivity contribution in [2.45, 2.75) is 6.92 Å². The largest absolute Gasteiger partial charge is 0.389 e. The maximum absolute atomic E-state index is 12.2. The molecule has 0 spiro atoms. The maximum Gasteiger partial charge on any atom is 0.275 e. The van der Waals surface area contributed by atoms with Crippen LogP contribution >= 0.6 is 28.1 Å². The molecule has 1 amide bonds. The van der Waals surface area contributed by atoms with Gasteiger partial charge in [0.1, 0.15) is 10.7 Å². The highest BCUT2D eigenvalue weighted by atomic mass is 79.9. The van der Waals surface area contributed by atoms with Gasteiger partial charge in [0.25, 0.3) is 5.91 Å². The Morgan fingerprint density at radius 1 is 1.35 bits per heavy atom. The summed E-state index contributed by atoms with van der Waals surface area (Å²) in [6.07, 6.45) is 1.56. The van der Waals surface area contributed by atoms with E-state index in [1.54, 1.807) is 24.4 Å². The number of carbonyl (C=O) groups excluding carboxylic acids is 1. The molecule has 102 valence electrons. The quantitative estimate of drug-likeness (QED) is 0.835. The normalized spacial score (nSPS) is 10.1. The number of halogens is 1. The molecule has 0 saturated carbocycles. The number of nitrogens with one attached hydrogen (secondary N) is 1. The van der Waals surface area contributed by atoms with Gasteiger partial charge in [-0.1, -0.05) is 24.4 Å². The molecule has 1 heterocycles. The van der Waals surface area contributed by atoms with Gasteiger partial charge in [-0.3, -0.25) is 4.79 Å². The lowest BCUT2D eigenvalue weighted by Gasteiger charge is -2.12. The summed E-state index contributed by atoms with van der Waals surface area (Å²) in [6.45, 7) is 1.89. The van der Waals surface area contributed by atoms with Crippen molar-refractivity contribution in [3.63, 3.8) is 0 Å². The van der Waals surface area contributed by atoms with Crippen LogP contribution in [0.4, 0.5) is 5.69 Å². The minimum absolute atomic E-state index is 0.249. The number of nitrogens with zero attached hydrogens (tertiary/aromatic N) is 1. The second-order valence-corrected chi connectivity index (χ2v) is 5.44. The standard InChI is InChI=1S/C14H12BrN3OS/c1-8-4-2-6-10(11(8)13(16)20)18-14(19)12-9(15)5-3-7-17-12/h2-7H,1H3,(H2,16,20)(H,18,19). The van der Waals surface area contributed by atoms with Crippen LogP contribution in [0.1, 0.15) is 21.6 Å². The molecule has 0 fully saturated rings. The van der Waals surface area contributed by atoms with Gasteiger partial charge in [0.05, 0.1) is 5.69 Å². The Morgan fingerprint density at radius 2 is 2.10 bits per heavy atom. The van der Waals surface area contributed by atoms with Gasteiger partial charge in [-0.15, -0.1) is 0 Å². The van der Waals surface area contributed by atoms with Crippen LogP contribution in [0.3, 0.4) is 0 Å². The molecule has 1 aromatic carbocycles. The first-order valence-electron chi connectivity index (χ1n) is 5.82. The number of rotatable bonds is 3. The minimum Gasteiger partial charge on any atom is -0.389 e.